The van der Waals surface area contributed by atoms with Gasteiger partial charge in [0.2, 0.25) is 5.43 Å². The van der Waals surface area contributed by atoms with Crippen molar-refractivity contribution in [2.24, 2.45) is 0 Å². The number of amides is 1. The summed E-state index contributed by atoms with van der Waals surface area (Å²) in [7, 11) is 1.24. The Morgan fingerprint density at radius 3 is 2.56 bits per heavy atom. The molecule has 5 rings (SSSR count). The molecule has 0 aliphatic carbocycles. The molecule has 1 aliphatic rings. The molecule has 0 bridgehead atoms. The van der Waals surface area contributed by atoms with E-state index in [1.54, 1.807) is 18.2 Å². The highest BCUT2D eigenvalue weighted by molar-refractivity contribution is 5.89. The van der Waals surface area contributed by atoms with Crippen molar-refractivity contribution >= 4 is 22.8 Å². The number of carbonyl (C=O) groups excluding carboxylic acids is 2. The van der Waals surface area contributed by atoms with Crippen LogP contribution in [0.2, 0.25) is 0 Å². The quantitative estimate of drug-likeness (QED) is 0.329. The van der Waals surface area contributed by atoms with Gasteiger partial charge in [-0.25, -0.2) is 4.79 Å². The average molecular weight is 532 g/mol. The number of carbonyl (C=O) groups is 2. The second-order valence-electron chi connectivity index (χ2n) is 8.77. The molecule has 1 aliphatic heterocycles. The number of hydrogen-bond acceptors (Lipinski definition) is 9. The third kappa shape index (κ3) is 5.64. The molecule has 2 heterocycles. The van der Waals surface area contributed by atoms with Gasteiger partial charge in [0.05, 0.1) is 12.7 Å². The fourth-order valence-electron chi connectivity index (χ4n) is 4.27. The van der Waals surface area contributed by atoms with Gasteiger partial charge in [0, 0.05) is 18.6 Å². The van der Waals surface area contributed by atoms with Crippen molar-refractivity contribution in [2.75, 3.05) is 26.9 Å². The van der Waals surface area contributed by atoms with E-state index >= 15 is 0 Å². The predicted octanol–water partition coefficient (Wildman–Crippen LogP) is 3.22. The topological polar surface area (TPSA) is 134 Å². The van der Waals surface area contributed by atoms with E-state index in [4.69, 9.17) is 23.4 Å². The van der Waals surface area contributed by atoms with Gasteiger partial charge in [-0.2, -0.15) is 0 Å². The largest absolute Gasteiger partial charge is 0.507 e. The zero-order chi connectivity index (χ0) is 27.4. The van der Waals surface area contributed by atoms with Gasteiger partial charge in [0.1, 0.15) is 48.0 Å². The Bertz CT molecular complexity index is 1580. The van der Waals surface area contributed by atoms with Crippen molar-refractivity contribution in [1.82, 2.24) is 5.32 Å². The summed E-state index contributed by atoms with van der Waals surface area (Å²) in [5, 5.41) is 13.2. The molecule has 0 saturated heterocycles. The maximum atomic E-state index is 13.2. The number of phenols is 1. The molecule has 0 unspecified atom stereocenters. The summed E-state index contributed by atoms with van der Waals surface area (Å²) in [5.74, 6) is -0.331. The monoisotopic (exact) mass is 531 g/mol. The molecule has 200 valence electrons. The number of rotatable bonds is 8. The first-order valence-corrected chi connectivity index (χ1v) is 12.2. The van der Waals surface area contributed by atoms with Crippen LogP contribution in [0.15, 0.2) is 76.1 Å². The van der Waals surface area contributed by atoms with Crippen molar-refractivity contribution in [3.05, 3.63) is 82.7 Å². The molecular weight excluding hydrogens is 506 g/mol. The first-order chi connectivity index (χ1) is 18.9. The molecule has 0 radical (unpaired) electrons. The van der Waals surface area contributed by atoms with Crippen molar-refractivity contribution in [2.45, 2.75) is 12.5 Å². The van der Waals surface area contributed by atoms with E-state index in [-0.39, 0.29) is 34.5 Å². The Balaban J connectivity index is 1.31. The third-order valence-electron chi connectivity index (χ3n) is 6.16. The van der Waals surface area contributed by atoms with Gasteiger partial charge in [0.15, 0.2) is 18.1 Å². The number of methoxy groups -OCH3 is 1. The van der Waals surface area contributed by atoms with E-state index in [2.05, 4.69) is 5.32 Å². The van der Waals surface area contributed by atoms with Gasteiger partial charge in [-0.1, -0.05) is 36.4 Å². The minimum atomic E-state index is -0.907. The predicted molar refractivity (Wildman–Crippen MR) is 140 cm³/mol. The second-order valence-corrected chi connectivity index (χ2v) is 8.77. The summed E-state index contributed by atoms with van der Waals surface area (Å²) >= 11 is 0. The van der Waals surface area contributed by atoms with Gasteiger partial charge in [-0.3, -0.25) is 9.59 Å². The van der Waals surface area contributed by atoms with E-state index in [0.717, 1.165) is 5.56 Å². The van der Waals surface area contributed by atoms with Crippen molar-refractivity contribution in [3.63, 3.8) is 0 Å². The second kappa shape index (κ2) is 11.2. The molecule has 1 amide bonds. The average Bonchev–Trinajstić information content (AvgIpc) is 2.95. The minimum absolute atomic E-state index is 0.0344. The summed E-state index contributed by atoms with van der Waals surface area (Å²) in [6.07, 6.45) is 1.53. The van der Waals surface area contributed by atoms with Gasteiger partial charge in [-0.15, -0.1) is 0 Å². The Morgan fingerprint density at radius 2 is 1.79 bits per heavy atom. The lowest BCUT2D eigenvalue weighted by molar-refractivity contribution is -0.145. The van der Waals surface area contributed by atoms with E-state index in [9.17, 15) is 19.5 Å². The Kier molecular flexibility index (Phi) is 7.35. The van der Waals surface area contributed by atoms with E-state index in [1.807, 2.05) is 30.3 Å². The summed E-state index contributed by atoms with van der Waals surface area (Å²) in [6.45, 7) is 0.400. The summed E-state index contributed by atoms with van der Waals surface area (Å²) < 4.78 is 27.1. The van der Waals surface area contributed by atoms with Crippen LogP contribution in [0.25, 0.3) is 22.1 Å². The van der Waals surface area contributed by atoms with Crippen molar-refractivity contribution in [1.29, 1.82) is 0 Å². The van der Waals surface area contributed by atoms with Crippen LogP contribution in [0, 0.1) is 0 Å². The van der Waals surface area contributed by atoms with Crippen LogP contribution in [-0.2, 0) is 20.7 Å². The molecule has 0 fully saturated rings. The number of hydrogen-bond donors (Lipinski definition) is 2. The Morgan fingerprint density at radius 1 is 1.03 bits per heavy atom. The standard InChI is InChI=1S/C29H25NO9/c1-35-29(34)21(11-17-5-3-2-4-6-17)30-26(32)16-38-19-13-22(31)27-25(14-19)39-15-20(28(27)33)18-7-8-23-24(12-18)37-10-9-36-23/h2-8,12-15,21,31H,9-11,16H2,1H3,(H,30,32)/t21-/m1/s1. The van der Waals surface area contributed by atoms with E-state index in [1.165, 1.54) is 25.5 Å². The van der Waals surface area contributed by atoms with Crippen LogP contribution in [0.4, 0.5) is 0 Å². The lowest BCUT2D eigenvalue weighted by Gasteiger charge is -2.18. The third-order valence-corrected chi connectivity index (χ3v) is 6.16. The van der Waals surface area contributed by atoms with Gasteiger partial charge < -0.3 is 33.8 Å². The van der Waals surface area contributed by atoms with Gasteiger partial charge in [0.25, 0.3) is 5.91 Å². The summed E-state index contributed by atoms with van der Waals surface area (Å²) in [6, 6.07) is 16.0. The number of aromatic hydroxyl groups is 1. The summed E-state index contributed by atoms with van der Waals surface area (Å²) in [4.78, 5) is 37.9. The molecule has 1 aromatic heterocycles. The number of benzene rings is 3. The van der Waals surface area contributed by atoms with Crippen LogP contribution >= 0.6 is 0 Å². The smallest absolute Gasteiger partial charge is 0.328 e. The van der Waals surface area contributed by atoms with E-state index < -0.39 is 30.0 Å². The first kappa shape index (κ1) is 25.7. The lowest BCUT2D eigenvalue weighted by Crippen LogP contribution is -2.44. The Hall–Kier alpha value is -4.99. The fraction of sp³-hybridized carbons (Fsp3) is 0.207. The highest BCUT2D eigenvalue weighted by Gasteiger charge is 2.23. The molecule has 3 aromatic carbocycles. The van der Waals surface area contributed by atoms with Crippen LogP contribution in [0.5, 0.6) is 23.0 Å². The number of nitrogens with one attached hydrogen (secondary N) is 1. The normalized spacial score (nSPS) is 12.9. The maximum Gasteiger partial charge on any atom is 0.328 e. The molecule has 1 atom stereocenters. The molecular formula is C29H25NO9. The molecule has 2 N–H and O–H groups in total. The number of esters is 1. The number of fused-ring (bicyclic) bond motifs is 2. The lowest BCUT2D eigenvalue weighted by atomic mass is 10.0. The van der Waals surface area contributed by atoms with Crippen LogP contribution in [-0.4, -0.2) is 50.0 Å². The van der Waals surface area contributed by atoms with Crippen LogP contribution < -0.4 is 25.0 Å². The maximum absolute atomic E-state index is 13.2. The zero-order valence-corrected chi connectivity index (χ0v) is 21.0. The highest BCUT2D eigenvalue weighted by atomic mass is 16.6. The molecule has 0 spiro atoms. The molecule has 0 saturated carbocycles. The Labute approximate surface area is 222 Å². The first-order valence-electron chi connectivity index (χ1n) is 12.2. The summed E-state index contributed by atoms with van der Waals surface area (Å²) in [5.41, 5.74) is 1.25. The number of phenolic OH excluding ortho intramolecular Hbond substituents is 1. The van der Waals surface area contributed by atoms with Gasteiger partial charge >= 0.3 is 5.97 Å². The van der Waals surface area contributed by atoms with Gasteiger partial charge in [-0.05, 0) is 23.3 Å². The van der Waals surface area contributed by atoms with Crippen molar-refractivity contribution in [3.8, 4) is 34.1 Å². The molecule has 10 nitrogen and oxygen atoms in total. The molecule has 10 heteroatoms. The van der Waals surface area contributed by atoms with Crippen LogP contribution in [0.3, 0.4) is 0 Å². The zero-order valence-electron chi connectivity index (χ0n) is 21.0. The minimum Gasteiger partial charge on any atom is -0.507 e. The highest BCUT2D eigenvalue weighted by Crippen LogP contribution is 2.35. The molecule has 39 heavy (non-hydrogen) atoms. The SMILES string of the molecule is COC(=O)[C@@H](Cc1ccccc1)NC(=O)COc1cc(O)c2c(=O)c(-c3ccc4c(c3)OCCO4)coc2c1. The molecule has 4 aromatic rings. The fourth-order valence-corrected chi connectivity index (χ4v) is 4.27. The number of ether oxygens (including phenoxy) is 4. The van der Waals surface area contributed by atoms with Crippen molar-refractivity contribution < 1.29 is 38.1 Å². The van der Waals surface area contributed by atoms with Crippen LogP contribution in [0.1, 0.15) is 5.56 Å². The van der Waals surface area contributed by atoms with E-state index in [0.29, 0.717) is 30.3 Å².